The van der Waals surface area contributed by atoms with Crippen LogP contribution in [0, 0.1) is 0 Å². The minimum atomic E-state index is -1.02. The molecule has 0 spiro atoms. The Morgan fingerprint density at radius 2 is 2.02 bits per heavy atom. The fraction of sp³-hybridized carbons (Fsp3) is 0.250. The number of methoxy groups -OCH3 is 1. The van der Waals surface area contributed by atoms with Gasteiger partial charge in [0.15, 0.2) is 10.8 Å². The smallest absolute Gasteiger partial charge is 0.404 e. The van der Waals surface area contributed by atoms with Crippen molar-refractivity contribution in [3.05, 3.63) is 64.3 Å². The van der Waals surface area contributed by atoms with Crippen LogP contribution in [-0.4, -0.2) is 75.6 Å². The number of benzene rings is 1. The number of nitrogens with two attached hydrogens (primary N) is 2. The van der Waals surface area contributed by atoms with Crippen molar-refractivity contribution in [1.29, 1.82) is 0 Å². The van der Waals surface area contributed by atoms with E-state index < -0.39 is 41.0 Å². The lowest BCUT2D eigenvalue weighted by Gasteiger charge is -2.49. The minimum Gasteiger partial charge on any atom is -0.497 e. The maximum atomic E-state index is 13.2. The summed E-state index contributed by atoms with van der Waals surface area (Å²) >= 11 is 2.34. The van der Waals surface area contributed by atoms with E-state index in [1.807, 2.05) is 0 Å². The number of ether oxygens (including phenoxy) is 3. The number of nitrogens with zero attached hydrogens (tertiary/aromatic N) is 3. The average Bonchev–Trinajstić information content (AvgIpc) is 3.38. The van der Waals surface area contributed by atoms with Crippen LogP contribution in [0.15, 0.2) is 58.2 Å². The first-order valence-electron chi connectivity index (χ1n) is 11.5. The molecule has 1 aromatic carbocycles. The quantitative estimate of drug-likeness (QED) is 0.101. The number of fused-ring (bicyclic) bond motifs is 1. The maximum Gasteiger partial charge on any atom is 0.404 e. The van der Waals surface area contributed by atoms with Gasteiger partial charge in [0.25, 0.3) is 11.8 Å². The number of nitrogen functional groups attached to an aromatic ring is 1. The molecule has 40 heavy (non-hydrogen) atoms. The molecule has 14 nitrogen and oxygen atoms in total. The number of carbonyl (C=O) groups excluding carboxylic acids is 4. The molecule has 0 aliphatic carbocycles. The average molecular weight is 589 g/mol. The molecule has 1 aromatic heterocycles. The zero-order valence-corrected chi connectivity index (χ0v) is 22.6. The molecular weight excluding hydrogens is 564 g/mol. The zero-order chi connectivity index (χ0) is 28.8. The highest BCUT2D eigenvalue weighted by molar-refractivity contribution is 8.00. The van der Waals surface area contributed by atoms with Crippen molar-refractivity contribution in [2.45, 2.75) is 18.0 Å². The van der Waals surface area contributed by atoms with E-state index in [1.54, 1.807) is 30.3 Å². The first-order valence-corrected chi connectivity index (χ1v) is 13.5. The number of hydrogen-bond acceptors (Lipinski definition) is 13. The summed E-state index contributed by atoms with van der Waals surface area (Å²) in [7, 11) is 1.54. The van der Waals surface area contributed by atoms with E-state index in [9.17, 15) is 24.4 Å². The number of primary amides is 1. The van der Waals surface area contributed by atoms with Crippen molar-refractivity contribution in [2.75, 3.05) is 25.2 Å². The highest BCUT2D eigenvalue weighted by atomic mass is 32.2. The summed E-state index contributed by atoms with van der Waals surface area (Å²) in [5, 5.41) is 15.9. The van der Waals surface area contributed by atoms with Crippen molar-refractivity contribution in [3.63, 3.8) is 0 Å². The van der Waals surface area contributed by atoms with E-state index >= 15 is 0 Å². The second-order valence-electron chi connectivity index (χ2n) is 8.21. The molecule has 0 saturated carbocycles. The number of thioether (sulfide) groups is 1. The molecule has 0 unspecified atom stereocenters. The number of esters is 1. The fourth-order valence-electron chi connectivity index (χ4n) is 3.84. The van der Waals surface area contributed by atoms with Crippen molar-refractivity contribution in [1.82, 2.24) is 15.2 Å². The summed E-state index contributed by atoms with van der Waals surface area (Å²) in [6.07, 6.45) is 2.06. The third-order valence-electron chi connectivity index (χ3n) is 5.73. The van der Waals surface area contributed by atoms with E-state index in [2.05, 4.69) is 15.5 Å². The Labute approximate surface area is 235 Å². The SMILES string of the molecule is COc1ccc(COC(=O)C2=C(/C=C\COC(N)=O)CS[C@@H]3[C@H](NC(=O)/C(=N\O)c4csc(N)n4)C(=O)N23)cc1. The Morgan fingerprint density at radius 1 is 1.27 bits per heavy atom. The predicted molar refractivity (Wildman–Crippen MR) is 144 cm³/mol. The van der Waals surface area contributed by atoms with Crippen LogP contribution in [0.3, 0.4) is 0 Å². The van der Waals surface area contributed by atoms with Crippen LogP contribution in [0.5, 0.6) is 5.75 Å². The van der Waals surface area contributed by atoms with Gasteiger partial charge in [-0.25, -0.2) is 14.6 Å². The number of thiazole rings is 1. The highest BCUT2D eigenvalue weighted by Crippen LogP contribution is 2.41. The second-order valence-corrected chi connectivity index (χ2v) is 10.2. The summed E-state index contributed by atoms with van der Waals surface area (Å²) in [5.41, 5.74) is 11.3. The molecule has 1 fully saturated rings. The first-order chi connectivity index (χ1) is 19.2. The van der Waals surface area contributed by atoms with Gasteiger partial charge in [-0.3, -0.25) is 14.5 Å². The lowest BCUT2D eigenvalue weighted by atomic mass is 10.0. The number of oxime groups is 1. The van der Waals surface area contributed by atoms with Crippen LogP contribution in [0.4, 0.5) is 9.93 Å². The highest BCUT2D eigenvalue weighted by Gasteiger charge is 2.54. The van der Waals surface area contributed by atoms with Crippen LogP contribution < -0.4 is 21.5 Å². The summed E-state index contributed by atoms with van der Waals surface area (Å²) < 4.78 is 15.3. The number of amides is 3. The van der Waals surface area contributed by atoms with Gasteiger partial charge in [-0.15, -0.1) is 23.1 Å². The van der Waals surface area contributed by atoms with Gasteiger partial charge >= 0.3 is 12.1 Å². The van der Waals surface area contributed by atoms with Gasteiger partial charge in [-0.05, 0) is 29.3 Å². The summed E-state index contributed by atoms with van der Waals surface area (Å²) in [6, 6.07) is 5.90. The molecule has 1 saturated heterocycles. The van der Waals surface area contributed by atoms with Crippen LogP contribution in [-0.2, 0) is 30.5 Å². The molecule has 2 aromatic rings. The Kier molecular flexibility index (Phi) is 8.90. The summed E-state index contributed by atoms with van der Waals surface area (Å²) in [6.45, 7) is -0.209. The third-order valence-corrected chi connectivity index (χ3v) is 7.70. The minimum absolute atomic E-state index is 0.00795. The number of allylic oxidation sites excluding steroid dienone is 1. The van der Waals surface area contributed by atoms with E-state index in [1.165, 1.54) is 35.2 Å². The number of anilines is 1. The lowest BCUT2D eigenvalue weighted by Crippen LogP contribution is -2.71. The Bertz CT molecular complexity index is 1400. The molecule has 4 rings (SSSR count). The monoisotopic (exact) mass is 588 g/mol. The predicted octanol–water partition coefficient (Wildman–Crippen LogP) is 0.961. The van der Waals surface area contributed by atoms with Crippen molar-refractivity contribution < 1.29 is 38.6 Å². The van der Waals surface area contributed by atoms with Crippen molar-refractivity contribution in [3.8, 4) is 5.75 Å². The number of β-lactam (4-membered cyclic amide) rings is 1. The van der Waals surface area contributed by atoms with Crippen LogP contribution >= 0.6 is 23.1 Å². The fourth-order valence-corrected chi connectivity index (χ4v) is 5.70. The number of nitrogens with one attached hydrogen (secondary N) is 1. The molecule has 2 aliphatic heterocycles. The van der Waals surface area contributed by atoms with Gasteiger partial charge in [0.1, 0.15) is 41.8 Å². The maximum absolute atomic E-state index is 13.2. The molecule has 16 heteroatoms. The molecule has 2 atom stereocenters. The van der Waals surface area contributed by atoms with Gasteiger partial charge in [0.05, 0.1) is 7.11 Å². The van der Waals surface area contributed by atoms with E-state index in [4.69, 9.17) is 25.7 Å². The van der Waals surface area contributed by atoms with Gasteiger partial charge in [-0.2, -0.15) is 0 Å². The number of hydrogen-bond donors (Lipinski definition) is 4. The van der Waals surface area contributed by atoms with Gasteiger partial charge in [0.2, 0.25) is 0 Å². The van der Waals surface area contributed by atoms with Gasteiger partial charge in [-0.1, -0.05) is 23.4 Å². The molecule has 2 aliphatic rings. The molecular formula is C24H24N6O8S2. The second kappa shape index (κ2) is 12.5. The molecule has 6 N–H and O–H groups in total. The van der Waals surface area contributed by atoms with Crippen LogP contribution in [0.25, 0.3) is 0 Å². The third kappa shape index (κ3) is 6.18. The van der Waals surface area contributed by atoms with E-state index in [0.29, 0.717) is 16.9 Å². The van der Waals surface area contributed by atoms with E-state index in [-0.39, 0.29) is 35.5 Å². The molecule has 0 radical (unpaired) electrons. The zero-order valence-electron chi connectivity index (χ0n) is 20.9. The molecule has 0 bridgehead atoms. The van der Waals surface area contributed by atoms with Crippen LogP contribution in [0.2, 0.25) is 0 Å². The van der Waals surface area contributed by atoms with Crippen molar-refractivity contribution in [2.24, 2.45) is 10.9 Å². The Hall–Kier alpha value is -4.57. The van der Waals surface area contributed by atoms with Gasteiger partial charge < -0.3 is 36.2 Å². The summed E-state index contributed by atoms with van der Waals surface area (Å²) in [5.74, 6) is -1.26. The topological polar surface area (TPSA) is 209 Å². The standard InChI is InChI=1S/C24H24N6O8S2/c1-36-14-6-4-12(5-7-14)9-38-22(33)18-13(3-2-8-37-24(26)34)10-39-21-17(20(32)30(18)21)28-19(31)16(29-35)15-11-40-23(25)27-15/h2-7,11,17,21,35H,8-10H2,1H3,(H2,25,27)(H2,26,34)(H,28,31)/b3-2-,29-16-/t17-,21-/m1/s1. The molecule has 3 heterocycles. The number of carbonyl (C=O) groups is 4. The van der Waals surface area contributed by atoms with E-state index in [0.717, 1.165) is 11.3 Å². The largest absolute Gasteiger partial charge is 0.497 e. The number of aromatic nitrogens is 1. The Morgan fingerprint density at radius 3 is 2.65 bits per heavy atom. The lowest BCUT2D eigenvalue weighted by molar-refractivity contribution is -0.153. The number of rotatable bonds is 10. The molecule has 3 amide bonds. The normalized spacial score (nSPS) is 18.7. The molecule has 210 valence electrons. The Balaban J connectivity index is 1.51. The van der Waals surface area contributed by atoms with Crippen molar-refractivity contribution >= 4 is 57.8 Å². The van der Waals surface area contributed by atoms with Crippen LogP contribution in [0.1, 0.15) is 11.3 Å². The van der Waals surface area contributed by atoms with Gasteiger partial charge in [0, 0.05) is 11.1 Å². The summed E-state index contributed by atoms with van der Waals surface area (Å²) in [4.78, 5) is 55.3. The first kappa shape index (κ1) is 28.4.